The highest BCUT2D eigenvalue weighted by molar-refractivity contribution is 5.98. The first kappa shape index (κ1) is 14.3. The topological polar surface area (TPSA) is 84.9 Å². The summed E-state index contributed by atoms with van der Waals surface area (Å²) in [5.41, 5.74) is -1.77. The first-order valence-corrected chi connectivity index (χ1v) is 5.96. The Kier molecular flexibility index (Phi) is 3.89. The summed E-state index contributed by atoms with van der Waals surface area (Å²) in [5.74, 6) is -2.92. The van der Waals surface area contributed by atoms with E-state index >= 15 is 0 Å². The number of nitrogens with one attached hydrogen (secondary N) is 1. The fourth-order valence-corrected chi connectivity index (χ4v) is 2.01. The van der Waals surface area contributed by atoms with Crippen molar-refractivity contribution in [2.24, 2.45) is 0 Å². The van der Waals surface area contributed by atoms with Gasteiger partial charge in [-0.2, -0.15) is 0 Å². The molecule has 1 fully saturated rings. The quantitative estimate of drug-likeness (QED) is 0.854. The van der Waals surface area contributed by atoms with Gasteiger partial charge in [0, 0.05) is 13.0 Å². The molecule has 0 aliphatic carbocycles. The van der Waals surface area contributed by atoms with Gasteiger partial charge in [-0.25, -0.2) is 9.18 Å². The van der Waals surface area contributed by atoms with E-state index in [9.17, 15) is 19.1 Å². The number of hydrogen-bond donors (Lipinski definition) is 2. The maximum absolute atomic E-state index is 14.0. The Morgan fingerprint density at radius 3 is 2.80 bits per heavy atom. The number of hydrogen-bond acceptors (Lipinski definition) is 4. The summed E-state index contributed by atoms with van der Waals surface area (Å²) >= 11 is 0. The van der Waals surface area contributed by atoms with Crippen LogP contribution in [0.2, 0.25) is 0 Å². The van der Waals surface area contributed by atoms with Crippen molar-refractivity contribution in [3.05, 3.63) is 29.6 Å². The van der Waals surface area contributed by atoms with Crippen molar-refractivity contribution in [3.63, 3.8) is 0 Å². The Labute approximate surface area is 114 Å². The Morgan fingerprint density at radius 1 is 1.50 bits per heavy atom. The summed E-state index contributed by atoms with van der Waals surface area (Å²) in [5, 5.41) is 11.6. The molecular formula is C13H14FNO5. The fraction of sp³-hybridized carbons (Fsp3) is 0.385. The van der Waals surface area contributed by atoms with Crippen LogP contribution in [0.15, 0.2) is 18.2 Å². The number of carbonyl (C=O) groups is 2. The van der Waals surface area contributed by atoms with E-state index in [1.54, 1.807) is 0 Å². The minimum absolute atomic E-state index is 0.0790. The van der Waals surface area contributed by atoms with Gasteiger partial charge in [0.15, 0.2) is 17.1 Å². The number of aliphatic carboxylic acids is 1. The van der Waals surface area contributed by atoms with Crippen LogP contribution in [-0.2, 0) is 9.53 Å². The van der Waals surface area contributed by atoms with Gasteiger partial charge in [0.1, 0.15) is 0 Å². The molecule has 0 saturated carbocycles. The van der Waals surface area contributed by atoms with E-state index in [-0.39, 0.29) is 30.9 Å². The van der Waals surface area contributed by atoms with E-state index in [1.165, 1.54) is 25.3 Å². The lowest BCUT2D eigenvalue weighted by molar-refractivity contribution is -0.144. The van der Waals surface area contributed by atoms with Crippen LogP contribution in [0.3, 0.4) is 0 Å². The number of benzene rings is 1. The van der Waals surface area contributed by atoms with E-state index in [2.05, 4.69) is 5.32 Å². The molecule has 1 unspecified atom stereocenters. The average Bonchev–Trinajstić information content (AvgIpc) is 2.88. The Bertz CT molecular complexity index is 540. The van der Waals surface area contributed by atoms with Gasteiger partial charge < -0.3 is 19.9 Å². The lowest BCUT2D eigenvalue weighted by Crippen LogP contribution is -2.55. The van der Waals surface area contributed by atoms with Crippen molar-refractivity contribution in [3.8, 4) is 5.75 Å². The van der Waals surface area contributed by atoms with Crippen molar-refractivity contribution >= 4 is 11.9 Å². The van der Waals surface area contributed by atoms with Gasteiger partial charge >= 0.3 is 5.97 Å². The number of ether oxygens (including phenoxy) is 2. The van der Waals surface area contributed by atoms with Crippen molar-refractivity contribution < 1.29 is 28.6 Å². The third-order valence-electron chi connectivity index (χ3n) is 3.21. The Morgan fingerprint density at radius 2 is 2.25 bits per heavy atom. The van der Waals surface area contributed by atoms with Crippen LogP contribution in [0.4, 0.5) is 4.39 Å². The fourth-order valence-electron chi connectivity index (χ4n) is 2.01. The molecular weight excluding hydrogens is 269 g/mol. The van der Waals surface area contributed by atoms with Crippen LogP contribution < -0.4 is 10.1 Å². The van der Waals surface area contributed by atoms with E-state index in [4.69, 9.17) is 9.47 Å². The number of carbonyl (C=O) groups excluding carboxylic acids is 1. The van der Waals surface area contributed by atoms with Crippen LogP contribution in [0.5, 0.6) is 5.75 Å². The molecule has 6 nitrogen and oxygen atoms in total. The van der Waals surface area contributed by atoms with Crippen LogP contribution in [0.25, 0.3) is 0 Å². The summed E-state index contributed by atoms with van der Waals surface area (Å²) in [6.45, 7) is 0.0901. The largest absolute Gasteiger partial charge is 0.494 e. The predicted octanol–water partition coefficient (Wildman–Crippen LogP) is 0.808. The highest BCUT2D eigenvalue weighted by Gasteiger charge is 2.44. The second-order valence-corrected chi connectivity index (χ2v) is 4.47. The summed E-state index contributed by atoms with van der Waals surface area (Å²) in [4.78, 5) is 23.4. The molecule has 2 N–H and O–H groups in total. The average molecular weight is 283 g/mol. The highest BCUT2D eigenvalue weighted by Crippen LogP contribution is 2.23. The number of methoxy groups -OCH3 is 1. The van der Waals surface area contributed by atoms with Gasteiger partial charge in [-0.1, -0.05) is 6.07 Å². The molecule has 0 bridgehead atoms. The van der Waals surface area contributed by atoms with Crippen LogP contribution in [0, 0.1) is 5.82 Å². The second-order valence-electron chi connectivity index (χ2n) is 4.47. The Hall–Kier alpha value is -2.15. The van der Waals surface area contributed by atoms with Crippen LogP contribution >= 0.6 is 0 Å². The first-order chi connectivity index (χ1) is 9.50. The minimum Gasteiger partial charge on any atom is -0.494 e. The van der Waals surface area contributed by atoms with Gasteiger partial charge in [-0.15, -0.1) is 0 Å². The lowest BCUT2D eigenvalue weighted by Gasteiger charge is -2.23. The van der Waals surface area contributed by atoms with Gasteiger partial charge in [-0.3, -0.25) is 4.79 Å². The number of carboxylic acids is 1. The Balaban J connectivity index is 2.26. The standard InChI is InChI=1S/C13H14FNO5/c1-19-9-4-2-3-8(10(9)14)11(16)15-13(12(17)18)5-6-20-7-13/h2-4H,5-7H2,1H3,(H,15,16)(H,17,18). The number of amides is 1. The molecule has 1 heterocycles. The van der Waals surface area contributed by atoms with Crippen molar-refractivity contribution in [2.75, 3.05) is 20.3 Å². The van der Waals surface area contributed by atoms with Crippen LogP contribution in [-0.4, -0.2) is 42.8 Å². The second kappa shape index (κ2) is 5.46. The van der Waals surface area contributed by atoms with E-state index in [1.807, 2.05) is 0 Å². The molecule has 1 aliphatic heterocycles. The molecule has 7 heteroatoms. The summed E-state index contributed by atoms with van der Waals surface area (Å²) in [7, 11) is 1.28. The maximum Gasteiger partial charge on any atom is 0.331 e. The molecule has 1 aliphatic rings. The van der Waals surface area contributed by atoms with Crippen LogP contribution in [0.1, 0.15) is 16.8 Å². The third-order valence-corrected chi connectivity index (χ3v) is 3.21. The molecule has 1 aromatic carbocycles. The zero-order chi connectivity index (χ0) is 14.8. The molecule has 1 amide bonds. The number of rotatable bonds is 4. The lowest BCUT2D eigenvalue weighted by atomic mass is 9.98. The van der Waals surface area contributed by atoms with Gasteiger partial charge in [0.05, 0.1) is 19.3 Å². The maximum atomic E-state index is 14.0. The van der Waals surface area contributed by atoms with Crippen molar-refractivity contribution in [1.82, 2.24) is 5.32 Å². The summed E-state index contributed by atoms with van der Waals surface area (Å²) in [6.07, 6.45) is 0.139. The van der Waals surface area contributed by atoms with Gasteiger partial charge in [0.25, 0.3) is 5.91 Å². The molecule has 0 radical (unpaired) electrons. The number of carboxylic acid groups (broad SMARTS) is 1. The minimum atomic E-state index is -1.51. The highest BCUT2D eigenvalue weighted by atomic mass is 19.1. The first-order valence-electron chi connectivity index (χ1n) is 5.96. The zero-order valence-corrected chi connectivity index (χ0v) is 10.8. The molecule has 1 saturated heterocycles. The van der Waals surface area contributed by atoms with E-state index < -0.39 is 23.2 Å². The van der Waals surface area contributed by atoms with E-state index in [0.29, 0.717) is 0 Å². The number of halogens is 1. The molecule has 0 spiro atoms. The molecule has 1 atom stereocenters. The summed E-state index contributed by atoms with van der Waals surface area (Å²) < 4.78 is 23.8. The zero-order valence-electron chi connectivity index (χ0n) is 10.8. The predicted molar refractivity (Wildman–Crippen MR) is 66.2 cm³/mol. The molecule has 1 aromatic rings. The molecule has 0 aromatic heterocycles. The van der Waals surface area contributed by atoms with Crippen molar-refractivity contribution in [2.45, 2.75) is 12.0 Å². The normalized spacial score (nSPS) is 21.5. The monoisotopic (exact) mass is 283 g/mol. The third kappa shape index (κ3) is 2.44. The molecule has 108 valence electrons. The van der Waals surface area contributed by atoms with Gasteiger partial charge in [-0.05, 0) is 12.1 Å². The molecule has 2 rings (SSSR count). The molecule has 20 heavy (non-hydrogen) atoms. The van der Waals surface area contributed by atoms with Gasteiger partial charge in [0.2, 0.25) is 0 Å². The smallest absolute Gasteiger partial charge is 0.331 e. The summed E-state index contributed by atoms with van der Waals surface area (Å²) in [6, 6.07) is 4.09. The van der Waals surface area contributed by atoms with Crippen molar-refractivity contribution in [1.29, 1.82) is 0 Å². The van der Waals surface area contributed by atoms with E-state index in [0.717, 1.165) is 0 Å². The SMILES string of the molecule is COc1cccc(C(=O)NC2(C(=O)O)CCOC2)c1F.